The molecule has 0 aliphatic rings. The van der Waals surface area contributed by atoms with Gasteiger partial charge in [0.25, 0.3) is 5.56 Å². The van der Waals surface area contributed by atoms with Gasteiger partial charge in [-0.3, -0.25) is 9.78 Å². The fourth-order valence-corrected chi connectivity index (χ4v) is 2.74. The van der Waals surface area contributed by atoms with Crippen LogP contribution in [0.25, 0.3) is 0 Å². The second kappa shape index (κ2) is 6.19. The number of phenols is 1. The van der Waals surface area contributed by atoms with E-state index in [0.29, 0.717) is 15.7 Å². The summed E-state index contributed by atoms with van der Waals surface area (Å²) in [4.78, 5) is 17.8. The predicted octanol–water partition coefficient (Wildman–Crippen LogP) is 2.75. The van der Waals surface area contributed by atoms with Gasteiger partial charge >= 0.3 is 0 Å². The Bertz CT molecular complexity index is 728. The van der Waals surface area contributed by atoms with E-state index in [1.807, 2.05) is 0 Å². The first-order valence-corrected chi connectivity index (χ1v) is 7.09. The number of halogens is 2. The number of aromatic hydroxyl groups is 1. The van der Waals surface area contributed by atoms with Gasteiger partial charge in [-0.15, -0.1) is 0 Å². The van der Waals surface area contributed by atoms with Crippen molar-refractivity contribution in [1.82, 2.24) is 9.97 Å². The standard InChI is InChI=1S/C12H10Br2N4O2/c1-6-2-10(19)17-12(16-6)18-15-5-7-3-8(13)4-9(14)11(7)20/h2-5,20H,1H3,(H2,16,17,18,19)/b15-5-. The van der Waals surface area contributed by atoms with Crippen molar-refractivity contribution in [1.29, 1.82) is 0 Å². The Balaban J connectivity index is 2.20. The molecule has 0 saturated heterocycles. The van der Waals surface area contributed by atoms with Gasteiger partial charge in [-0.25, -0.2) is 10.4 Å². The van der Waals surface area contributed by atoms with Gasteiger partial charge in [0.2, 0.25) is 5.95 Å². The van der Waals surface area contributed by atoms with Crippen LogP contribution in [-0.2, 0) is 0 Å². The summed E-state index contributed by atoms with van der Waals surface area (Å²) < 4.78 is 1.35. The minimum atomic E-state index is -0.261. The molecule has 1 aromatic carbocycles. The number of hydrogen-bond donors (Lipinski definition) is 3. The lowest BCUT2D eigenvalue weighted by Crippen LogP contribution is -2.10. The molecule has 3 N–H and O–H groups in total. The third-order valence-corrected chi connectivity index (χ3v) is 3.36. The molecule has 20 heavy (non-hydrogen) atoms. The Morgan fingerprint density at radius 3 is 2.85 bits per heavy atom. The van der Waals surface area contributed by atoms with Gasteiger partial charge < -0.3 is 5.11 Å². The topological polar surface area (TPSA) is 90.4 Å². The first-order valence-electron chi connectivity index (χ1n) is 5.51. The third-order valence-electron chi connectivity index (χ3n) is 2.30. The molecule has 0 aliphatic heterocycles. The number of aromatic nitrogens is 2. The molecule has 2 aromatic rings. The van der Waals surface area contributed by atoms with E-state index in [0.717, 1.165) is 4.47 Å². The first-order chi connectivity index (χ1) is 9.45. The van der Waals surface area contributed by atoms with Crippen LogP contribution in [0.1, 0.15) is 11.3 Å². The maximum atomic E-state index is 11.2. The summed E-state index contributed by atoms with van der Waals surface area (Å²) in [5, 5.41) is 13.8. The number of H-pyrrole nitrogens is 1. The van der Waals surface area contributed by atoms with Crippen LogP contribution >= 0.6 is 31.9 Å². The number of phenolic OH excluding ortho intramolecular Hbond substituents is 1. The van der Waals surface area contributed by atoms with Crippen LogP contribution in [0.5, 0.6) is 5.75 Å². The maximum Gasteiger partial charge on any atom is 0.252 e. The molecule has 0 radical (unpaired) electrons. The van der Waals surface area contributed by atoms with Crippen molar-refractivity contribution in [3.63, 3.8) is 0 Å². The summed E-state index contributed by atoms with van der Waals surface area (Å²) in [6.45, 7) is 1.71. The van der Waals surface area contributed by atoms with Gasteiger partial charge in [-0.2, -0.15) is 5.10 Å². The number of nitrogens with one attached hydrogen (secondary N) is 2. The van der Waals surface area contributed by atoms with E-state index in [1.165, 1.54) is 12.3 Å². The van der Waals surface area contributed by atoms with Crippen molar-refractivity contribution in [2.75, 3.05) is 5.43 Å². The molecule has 0 bridgehead atoms. The number of anilines is 1. The number of aryl methyl sites for hydroxylation is 1. The SMILES string of the molecule is Cc1cc(=O)[nH]c(N/N=C\c2cc(Br)cc(Br)c2O)n1. The average Bonchev–Trinajstić information content (AvgIpc) is 2.34. The lowest BCUT2D eigenvalue weighted by molar-refractivity contribution is 0.471. The lowest BCUT2D eigenvalue weighted by atomic mass is 10.2. The van der Waals surface area contributed by atoms with Crippen LogP contribution in [0.4, 0.5) is 5.95 Å². The number of benzene rings is 1. The number of rotatable bonds is 3. The van der Waals surface area contributed by atoms with Gasteiger partial charge in [-0.1, -0.05) is 15.9 Å². The Kier molecular flexibility index (Phi) is 4.56. The Hall–Kier alpha value is -1.67. The Labute approximate surface area is 131 Å². The zero-order valence-corrected chi connectivity index (χ0v) is 13.5. The fourth-order valence-electron chi connectivity index (χ4n) is 1.48. The molecule has 1 heterocycles. The molecule has 0 fully saturated rings. The minimum Gasteiger partial charge on any atom is -0.506 e. The van der Waals surface area contributed by atoms with Gasteiger partial charge in [0.1, 0.15) is 5.75 Å². The van der Waals surface area contributed by atoms with E-state index in [2.05, 4.69) is 52.4 Å². The zero-order valence-electron chi connectivity index (χ0n) is 10.3. The highest BCUT2D eigenvalue weighted by Crippen LogP contribution is 2.30. The van der Waals surface area contributed by atoms with Crippen LogP contribution in [-0.4, -0.2) is 21.3 Å². The van der Waals surface area contributed by atoms with E-state index < -0.39 is 0 Å². The highest BCUT2D eigenvalue weighted by Gasteiger charge is 2.05. The Morgan fingerprint density at radius 2 is 2.15 bits per heavy atom. The molecule has 0 saturated carbocycles. The molecule has 104 valence electrons. The molecule has 0 aliphatic carbocycles. The number of hydrazone groups is 1. The third kappa shape index (κ3) is 3.67. The summed E-state index contributed by atoms with van der Waals surface area (Å²) >= 11 is 6.55. The number of nitrogens with zero attached hydrogens (tertiary/aromatic N) is 2. The van der Waals surface area contributed by atoms with E-state index >= 15 is 0 Å². The fraction of sp³-hybridized carbons (Fsp3) is 0.0833. The molecule has 0 amide bonds. The molecular weight excluding hydrogens is 392 g/mol. The molecule has 8 heteroatoms. The molecule has 0 spiro atoms. The van der Waals surface area contributed by atoms with Gasteiger partial charge in [0.05, 0.1) is 10.7 Å². The summed E-state index contributed by atoms with van der Waals surface area (Å²) in [6.07, 6.45) is 1.42. The quantitative estimate of drug-likeness (QED) is 0.544. The van der Waals surface area contributed by atoms with Crippen molar-refractivity contribution in [3.05, 3.63) is 48.8 Å². The predicted molar refractivity (Wildman–Crippen MR) is 84.3 cm³/mol. The second-order valence-electron chi connectivity index (χ2n) is 3.93. The molecule has 6 nitrogen and oxygen atoms in total. The second-order valence-corrected chi connectivity index (χ2v) is 5.70. The van der Waals surface area contributed by atoms with Crippen molar-refractivity contribution >= 4 is 44.0 Å². The average molecular weight is 402 g/mol. The first kappa shape index (κ1) is 14.7. The van der Waals surface area contributed by atoms with Crippen molar-refractivity contribution < 1.29 is 5.11 Å². The van der Waals surface area contributed by atoms with E-state index in [-0.39, 0.29) is 17.3 Å². The van der Waals surface area contributed by atoms with Crippen molar-refractivity contribution in [3.8, 4) is 5.75 Å². The van der Waals surface area contributed by atoms with Gasteiger partial charge in [-0.05, 0) is 35.0 Å². The lowest BCUT2D eigenvalue weighted by Gasteiger charge is -2.03. The van der Waals surface area contributed by atoms with Crippen LogP contribution in [0, 0.1) is 6.92 Å². The number of aromatic amines is 1. The zero-order chi connectivity index (χ0) is 14.7. The highest BCUT2D eigenvalue weighted by atomic mass is 79.9. The molecule has 2 rings (SSSR count). The minimum absolute atomic E-state index is 0.0736. The van der Waals surface area contributed by atoms with Crippen LogP contribution in [0.3, 0.4) is 0 Å². The van der Waals surface area contributed by atoms with E-state index in [1.54, 1.807) is 19.1 Å². The smallest absolute Gasteiger partial charge is 0.252 e. The summed E-state index contributed by atoms with van der Waals surface area (Å²) in [7, 11) is 0. The molecule has 1 aromatic heterocycles. The monoisotopic (exact) mass is 400 g/mol. The Morgan fingerprint density at radius 1 is 1.40 bits per heavy atom. The van der Waals surface area contributed by atoms with Crippen molar-refractivity contribution in [2.45, 2.75) is 6.92 Å². The van der Waals surface area contributed by atoms with E-state index in [9.17, 15) is 9.90 Å². The summed E-state index contributed by atoms with van der Waals surface area (Å²) in [5.41, 5.74) is 3.43. The van der Waals surface area contributed by atoms with Crippen LogP contribution < -0.4 is 11.0 Å². The molecule has 0 atom stereocenters. The molecular formula is C12H10Br2N4O2. The largest absolute Gasteiger partial charge is 0.506 e. The maximum absolute atomic E-state index is 11.2. The van der Waals surface area contributed by atoms with Gasteiger partial charge in [0.15, 0.2) is 0 Å². The summed E-state index contributed by atoms with van der Waals surface area (Å²) in [6, 6.07) is 4.81. The van der Waals surface area contributed by atoms with E-state index in [4.69, 9.17) is 0 Å². The van der Waals surface area contributed by atoms with Crippen LogP contribution in [0.15, 0.2) is 37.0 Å². The summed E-state index contributed by atoms with van der Waals surface area (Å²) in [5.74, 6) is 0.309. The number of hydrogen-bond acceptors (Lipinski definition) is 5. The normalized spacial score (nSPS) is 10.9. The molecule has 0 unspecified atom stereocenters. The van der Waals surface area contributed by atoms with Gasteiger partial charge in [0, 0.05) is 21.8 Å². The van der Waals surface area contributed by atoms with Crippen LogP contribution in [0.2, 0.25) is 0 Å². The highest BCUT2D eigenvalue weighted by molar-refractivity contribution is 9.11. The van der Waals surface area contributed by atoms with Crippen molar-refractivity contribution in [2.24, 2.45) is 5.10 Å².